The van der Waals surface area contributed by atoms with E-state index in [1.54, 1.807) is 11.1 Å². The summed E-state index contributed by atoms with van der Waals surface area (Å²) < 4.78 is 21.7. The van der Waals surface area contributed by atoms with Crippen LogP contribution in [0.15, 0.2) is 71.4 Å². The van der Waals surface area contributed by atoms with Crippen LogP contribution in [0.2, 0.25) is 0 Å². The number of fused-ring (bicyclic) bond motifs is 1. The molecule has 3 aromatic rings. The topological polar surface area (TPSA) is 164 Å². The van der Waals surface area contributed by atoms with E-state index < -0.39 is 36.1 Å². The van der Waals surface area contributed by atoms with Gasteiger partial charge in [-0.05, 0) is 94.9 Å². The Morgan fingerprint density at radius 1 is 0.738 bits per heavy atom. The Kier molecular flexibility index (Phi) is 12.1. The number of amides is 4. The number of allylic oxidation sites excluding steroid dienone is 3. The maximum Gasteiger partial charge on any atom is 0.407 e. The van der Waals surface area contributed by atoms with Crippen LogP contribution in [0.1, 0.15) is 90.1 Å². The molecule has 3 saturated heterocycles. The van der Waals surface area contributed by atoms with E-state index in [0.29, 0.717) is 32.0 Å². The summed E-state index contributed by atoms with van der Waals surface area (Å²) in [5, 5.41) is 5.49. The fourth-order valence-electron chi connectivity index (χ4n) is 9.96. The van der Waals surface area contributed by atoms with Gasteiger partial charge in [0.05, 0.1) is 58.0 Å². The second-order valence-electron chi connectivity index (χ2n) is 17.5. The lowest BCUT2D eigenvalue weighted by atomic mass is 9.93. The van der Waals surface area contributed by atoms with Crippen LogP contribution in [0.3, 0.4) is 0 Å². The van der Waals surface area contributed by atoms with Crippen molar-refractivity contribution in [2.45, 2.75) is 103 Å². The first-order chi connectivity index (χ1) is 29.4. The third-order valence-corrected chi connectivity index (χ3v) is 13.1. The first-order valence-electron chi connectivity index (χ1n) is 21.7. The minimum absolute atomic E-state index is 0.0339. The van der Waals surface area contributed by atoms with Gasteiger partial charge in [-0.3, -0.25) is 9.59 Å². The molecule has 14 nitrogen and oxygen atoms in total. The van der Waals surface area contributed by atoms with Gasteiger partial charge in [-0.1, -0.05) is 76.2 Å². The van der Waals surface area contributed by atoms with Crippen LogP contribution in [0.5, 0.6) is 0 Å². The summed E-state index contributed by atoms with van der Waals surface area (Å²) in [6.45, 7) is 9.47. The van der Waals surface area contributed by atoms with E-state index in [-0.39, 0.29) is 36.2 Å². The number of methoxy groups -OCH3 is 2. The van der Waals surface area contributed by atoms with Gasteiger partial charge in [0.25, 0.3) is 0 Å². The maximum absolute atomic E-state index is 14.0. The van der Waals surface area contributed by atoms with E-state index >= 15 is 0 Å². The Morgan fingerprint density at radius 2 is 1.30 bits per heavy atom. The van der Waals surface area contributed by atoms with Crippen LogP contribution < -0.4 is 10.6 Å². The van der Waals surface area contributed by atoms with Gasteiger partial charge in [0.2, 0.25) is 11.8 Å². The number of benzene rings is 2. The highest BCUT2D eigenvalue weighted by molar-refractivity contribution is 5.88. The lowest BCUT2D eigenvalue weighted by Crippen LogP contribution is -2.52. The summed E-state index contributed by atoms with van der Waals surface area (Å²) >= 11 is 0. The van der Waals surface area contributed by atoms with Gasteiger partial charge in [0.15, 0.2) is 5.79 Å². The van der Waals surface area contributed by atoms with Crippen LogP contribution in [-0.2, 0) is 28.5 Å². The minimum Gasteiger partial charge on any atom is -0.453 e. The van der Waals surface area contributed by atoms with E-state index in [1.807, 2.05) is 32.6 Å². The van der Waals surface area contributed by atoms with Gasteiger partial charge in [0, 0.05) is 13.0 Å². The molecule has 5 aliphatic rings. The predicted molar refractivity (Wildman–Crippen MR) is 229 cm³/mol. The minimum atomic E-state index is -0.926. The van der Waals surface area contributed by atoms with Crippen LogP contribution in [-0.4, -0.2) is 108 Å². The van der Waals surface area contributed by atoms with E-state index in [4.69, 9.17) is 23.9 Å². The Balaban J connectivity index is 0.959. The first-order valence-corrected chi connectivity index (χ1v) is 21.7. The lowest BCUT2D eigenvalue weighted by molar-refractivity contribution is -0.153. The zero-order chi connectivity index (χ0) is 43.0. The third-order valence-electron chi connectivity index (χ3n) is 13.1. The van der Waals surface area contributed by atoms with Crippen molar-refractivity contribution in [3.05, 3.63) is 82.8 Å². The van der Waals surface area contributed by atoms with Gasteiger partial charge in [-0.25, -0.2) is 14.6 Å². The molecule has 1 aromatic heterocycles. The first kappa shape index (κ1) is 42.2. The van der Waals surface area contributed by atoms with Crippen molar-refractivity contribution in [3.63, 3.8) is 0 Å². The zero-order valence-electron chi connectivity index (χ0n) is 36.0. The molecule has 2 aliphatic carbocycles. The molecule has 3 N–H and O–H groups in total. The van der Waals surface area contributed by atoms with Crippen molar-refractivity contribution >= 4 is 29.6 Å². The SMILES string of the molecule is COC(=O)N[C@H](C(=O)N1CCC[C@H]1C1=C2CCCC2=C(c2ccc(-c3ccc(-c4cnc([C@@H]5CC6(CN5C(=O)[C@H](NC(=O)OC)C(C)C)OCCO6)[nH]4)cc3)cc2)C1)C(C)C. The number of hydrogen-bond acceptors (Lipinski definition) is 9. The smallest absolute Gasteiger partial charge is 0.407 e. The van der Waals surface area contributed by atoms with Crippen molar-refractivity contribution in [2.24, 2.45) is 11.8 Å². The van der Waals surface area contributed by atoms with Crippen molar-refractivity contribution < 1.29 is 38.1 Å². The zero-order valence-corrected chi connectivity index (χ0v) is 36.0. The predicted octanol–water partition coefficient (Wildman–Crippen LogP) is 7.15. The van der Waals surface area contributed by atoms with Crippen LogP contribution in [0.25, 0.3) is 28.0 Å². The third kappa shape index (κ3) is 8.31. The monoisotopic (exact) mass is 834 g/mol. The molecule has 4 heterocycles. The number of likely N-dealkylation sites (tertiary alicyclic amines) is 2. The molecule has 0 radical (unpaired) electrons. The van der Waals surface area contributed by atoms with Crippen LogP contribution in [0, 0.1) is 11.8 Å². The molecule has 3 aliphatic heterocycles. The number of H-pyrrole nitrogens is 1. The molecule has 1 saturated carbocycles. The average Bonchev–Trinajstić information content (AvgIpc) is 4.13. The molecule has 1 spiro atoms. The number of carbonyl (C=O) groups excluding carboxylic acids is 4. The van der Waals surface area contributed by atoms with Gasteiger partial charge >= 0.3 is 12.2 Å². The molecule has 4 atom stereocenters. The quantitative estimate of drug-likeness (QED) is 0.182. The molecule has 2 aromatic carbocycles. The second-order valence-corrected chi connectivity index (χ2v) is 17.5. The number of imidazole rings is 1. The van der Waals surface area contributed by atoms with Gasteiger partial charge in [-0.15, -0.1) is 0 Å². The Labute approximate surface area is 357 Å². The lowest BCUT2D eigenvalue weighted by Gasteiger charge is -2.32. The van der Waals surface area contributed by atoms with Crippen molar-refractivity contribution in [2.75, 3.05) is 40.5 Å². The second kappa shape index (κ2) is 17.5. The van der Waals surface area contributed by atoms with E-state index in [0.717, 1.165) is 60.9 Å². The summed E-state index contributed by atoms with van der Waals surface area (Å²) in [5.74, 6) is -0.843. The highest BCUT2D eigenvalue weighted by Crippen LogP contribution is 2.50. The fourth-order valence-corrected chi connectivity index (χ4v) is 9.96. The molecule has 324 valence electrons. The highest BCUT2D eigenvalue weighted by atomic mass is 16.7. The van der Waals surface area contributed by atoms with E-state index in [1.165, 1.54) is 42.1 Å². The van der Waals surface area contributed by atoms with Crippen LogP contribution in [0.4, 0.5) is 9.59 Å². The largest absolute Gasteiger partial charge is 0.453 e. The molecule has 0 unspecified atom stereocenters. The number of nitrogens with one attached hydrogen (secondary N) is 3. The van der Waals surface area contributed by atoms with Gasteiger partial charge < -0.3 is 44.4 Å². The molecule has 8 rings (SSSR count). The van der Waals surface area contributed by atoms with Crippen molar-refractivity contribution in [1.82, 2.24) is 30.4 Å². The Bertz CT molecular complexity index is 2200. The standard InChI is InChI=1S/C47H58N6O8/c1-27(2)40(50-45(56)58-5)43(54)52-20-8-11-38(52)36-23-35(33-9-7-10-34(33)36)31-16-12-29(13-17-31)30-14-18-32(19-15-30)37-25-48-42(49-37)39-24-47(60-21-22-61-47)26-53(39)44(55)41(28(3)4)51-46(57)59-6/h12-19,25,27-28,38-41H,7-11,20-24,26H2,1-6H3,(H,48,49)(H,50,56)(H,51,57)/t38-,39-,40-,41+/m0/s1. The van der Waals surface area contributed by atoms with Gasteiger partial charge in [0.1, 0.15) is 17.9 Å². The summed E-state index contributed by atoms with van der Waals surface area (Å²) in [6.07, 6.45) is 6.87. The molecular formula is C47H58N6O8. The fraction of sp³-hybridized carbons (Fsp3) is 0.511. The van der Waals surface area contributed by atoms with Crippen molar-refractivity contribution in [1.29, 1.82) is 0 Å². The molecule has 61 heavy (non-hydrogen) atoms. The van der Waals surface area contributed by atoms with E-state index in [2.05, 4.69) is 64.1 Å². The number of rotatable bonds is 11. The highest BCUT2D eigenvalue weighted by Gasteiger charge is 2.53. The van der Waals surface area contributed by atoms with Crippen molar-refractivity contribution in [3.8, 4) is 22.4 Å². The number of hydrogen-bond donors (Lipinski definition) is 3. The van der Waals surface area contributed by atoms with E-state index in [9.17, 15) is 19.2 Å². The molecule has 4 amide bonds. The number of nitrogens with zero attached hydrogens (tertiary/aromatic N) is 3. The van der Waals surface area contributed by atoms with Gasteiger partial charge in [-0.2, -0.15) is 0 Å². The number of aromatic nitrogens is 2. The Hall–Kier alpha value is -5.47. The molecule has 0 bridgehead atoms. The summed E-state index contributed by atoms with van der Waals surface area (Å²) in [7, 11) is 2.60. The summed E-state index contributed by atoms with van der Waals surface area (Å²) in [4.78, 5) is 64.1. The summed E-state index contributed by atoms with van der Waals surface area (Å²) in [6, 6.07) is 15.3. The van der Waals surface area contributed by atoms with Crippen LogP contribution >= 0.6 is 0 Å². The maximum atomic E-state index is 14.0. The number of ether oxygens (including phenoxy) is 4. The average molecular weight is 835 g/mol. The number of alkyl carbamates (subject to hydrolysis) is 2. The summed E-state index contributed by atoms with van der Waals surface area (Å²) in [5.41, 5.74) is 10.8. The molecule has 14 heteroatoms. The Morgan fingerprint density at radius 3 is 1.89 bits per heavy atom. The molecule has 4 fully saturated rings. The normalized spacial score (nSPS) is 21.8. The molecular weight excluding hydrogens is 777 g/mol. The number of aromatic amines is 1. The number of carbonyl (C=O) groups is 4.